The molecule has 0 spiro atoms. The highest BCUT2D eigenvalue weighted by molar-refractivity contribution is 6.00. The first kappa shape index (κ1) is 26.1. The van der Waals surface area contributed by atoms with Gasteiger partial charge in [-0.05, 0) is 61.4 Å². The molecule has 0 radical (unpaired) electrons. The second-order valence-electron chi connectivity index (χ2n) is 8.60. The number of hydrogen-bond acceptors (Lipinski definition) is 6. The Balaban J connectivity index is 1.41. The number of pyridine rings is 2. The van der Waals surface area contributed by atoms with Gasteiger partial charge >= 0.3 is 6.18 Å². The zero-order chi connectivity index (χ0) is 26.4. The van der Waals surface area contributed by atoms with Crippen molar-refractivity contribution in [2.45, 2.75) is 19.0 Å². The van der Waals surface area contributed by atoms with Crippen LogP contribution in [-0.2, 0) is 4.84 Å². The van der Waals surface area contributed by atoms with Gasteiger partial charge in [-0.3, -0.25) is 14.8 Å². The predicted molar refractivity (Wildman–Crippen MR) is 130 cm³/mol. The van der Waals surface area contributed by atoms with E-state index in [4.69, 9.17) is 0 Å². The minimum atomic E-state index is -4.54. The monoisotopic (exact) mass is 515 g/mol. The van der Waals surface area contributed by atoms with E-state index in [9.17, 15) is 22.4 Å². The highest BCUT2D eigenvalue weighted by atomic mass is 19.4. The molecule has 1 fully saturated rings. The molecule has 0 unspecified atom stereocenters. The Labute approximate surface area is 211 Å². The summed E-state index contributed by atoms with van der Waals surface area (Å²) in [6.07, 6.45) is 0.742. The lowest BCUT2D eigenvalue weighted by Gasteiger charge is -2.32. The van der Waals surface area contributed by atoms with Gasteiger partial charge in [0.1, 0.15) is 11.5 Å². The minimum Gasteiger partial charge on any atom is -0.386 e. The maximum atomic E-state index is 13.3. The number of carbonyl (C=O) groups excluding carboxylic acids is 1. The molecule has 1 amide bonds. The first-order valence-corrected chi connectivity index (χ1v) is 11.6. The fourth-order valence-corrected chi connectivity index (χ4v) is 4.12. The van der Waals surface area contributed by atoms with Crippen LogP contribution in [0.3, 0.4) is 0 Å². The molecule has 0 N–H and O–H groups in total. The molecule has 1 aliphatic heterocycles. The van der Waals surface area contributed by atoms with Crippen LogP contribution in [-0.4, -0.2) is 59.4 Å². The number of aromatic nitrogens is 2. The smallest absolute Gasteiger partial charge is 0.386 e. The molecular weight excluding hydrogens is 490 g/mol. The molecule has 7 nitrogen and oxygen atoms in total. The van der Waals surface area contributed by atoms with Gasteiger partial charge in [0.15, 0.2) is 0 Å². The molecule has 3 aromatic rings. The summed E-state index contributed by atoms with van der Waals surface area (Å²) in [4.78, 5) is 29.3. The molecular formula is C26H25F4N5O2. The third kappa shape index (κ3) is 6.81. The number of carbonyl (C=O) groups is 1. The number of nitrogens with zero attached hydrogens (tertiary/aromatic N) is 5. The Hall–Kier alpha value is -4.02. The summed E-state index contributed by atoms with van der Waals surface area (Å²) in [5, 5.41) is 3.71. The Kier molecular flexibility index (Phi) is 8.00. The van der Waals surface area contributed by atoms with Gasteiger partial charge in [0.05, 0.1) is 11.9 Å². The molecule has 0 aliphatic carbocycles. The van der Waals surface area contributed by atoms with E-state index in [2.05, 4.69) is 20.0 Å². The summed E-state index contributed by atoms with van der Waals surface area (Å²) in [7, 11) is 1.92. The van der Waals surface area contributed by atoms with Crippen LogP contribution in [0.1, 0.15) is 28.9 Å². The lowest BCUT2D eigenvalue weighted by atomic mass is 9.89. The quantitative estimate of drug-likeness (QED) is 0.245. The van der Waals surface area contributed by atoms with Crippen molar-refractivity contribution in [1.29, 1.82) is 0 Å². The van der Waals surface area contributed by atoms with Gasteiger partial charge in [0.2, 0.25) is 6.61 Å². The summed E-state index contributed by atoms with van der Waals surface area (Å²) in [6.45, 7) is -0.787. The standard InChI is InChI=1S/C26H25F4N5O2/c1-34(22-8-12-31-13-9-22)21-5-2-19(3-6-21)25(36)35-14-10-18(11-15-35)24(33-37-17-26(28,29)30)23-7-4-20(27)16-32-23/h2-9,12-13,16,18H,10-11,14-15,17H2,1H3. The van der Waals surface area contributed by atoms with Crippen LogP contribution in [0.2, 0.25) is 0 Å². The maximum absolute atomic E-state index is 13.3. The van der Waals surface area contributed by atoms with Crippen molar-refractivity contribution in [3.8, 4) is 0 Å². The maximum Gasteiger partial charge on any atom is 0.425 e. The van der Waals surface area contributed by atoms with Gasteiger partial charge in [-0.25, -0.2) is 4.39 Å². The van der Waals surface area contributed by atoms with Gasteiger partial charge < -0.3 is 14.6 Å². The highest BCUT2D eigenvalue weighted by Crippen LogP contribution is 2.26. The van der Waals surface area contributed by atoms with Crippen molar-refractivity contribution in [2.24, 2.45) is 11.1 Å². The van der Waals surface area contributed by atoms with Crippen molar-refractivity contribution in [3.05, 3.63) is 84.2 Å². The molecule has 3 heterocycles. The Bertz CT molecular complexity index is 1210. The van der Waals surface area contributed by atoms with Crippen molar-refractivity contribution in [3.63, 3.8) is 0 Å². The number of alkyl halides is 3. The van der Waals surface area contributed by atoms with E-state index in [0.717, 1.165) is 23.6 Å². The molecule has 194 valence electrons. The van der Waals surface area contributed by atoms with Gasteiger partial charge in [-0.1, -0.05) is 5.16 Å². The second kappa shape index (κ2) is 11.4. The summed E-state index contributed by atoms with van der Waals surface area (Å²) in [5.74, 6) is -1.01. The van der Waals surface area contributed by atoms with Gasteiger partial charge in [0, 0.05) is 55.4 Å². The lowest BCUT2D eigenvalue weighted by Crippen LogP contribution is -2.40. The van der Waals surface area contributed by atoms with Gasteiger partial charge in [-0.2, -0.15) is 13.2 Å². The molecule has 0 saturated carbocycles. The van der Waals surface area contributed by atoms with Crippen molar-refractivity contribution in [2.75, 3.05) is 31.6 Å². The molecule has 2 aromatic heterocycles. The fourth-order valence-electron chi connectivity index (χ4n) is 4.12. The fraction of sp³-hybridized carbons (Fsp3) is 0.308. The van der Waals surface area contributed by atoms with Crippen LogP contribution < -0.4 is 4.90 Å². The molecule has 0 atom stereocenters. The van der Waals surface area contributed by atoms with Gasteiger partial charge in [-0.15, -0.1) is 0 Å². The van der Waals surface area contributed by atoms with E-state index in [-0.39, 0.29) is 23.2 Å². The van der Waals surface area contributed by atoms with Crippen LogP contribution in [0.5, 0.6) is 0 Å². The molecule has 1 aliphatic rings. The predicted octanol–water partition coefficient (Wildman–Crippen LogP) is 5.22. The van der Waals surface area contributed by atoms with Crippen molar-refractivity contribution < 1.29 is 27.2 Å². The summed E-state index contributed by atoms with van der Waals surface area (Å²) in [5.41, 5.74) is 2.85. The average Bonchev–Trinajstić information content (AvgIpc) is 2.91. The van der Waals surface area contributed by atoms with Crippen LogP contribution in [0, 0.1) is 11.7 Å². The van der Waals surface area contributed by atoms with E-state index in [1.165, 1.54) is 6.07 Å². The third-order valence-electron chi connectivity index (χ3n) is 6.10. The van der Waals surface area contributed by atoms with Crippen LogP contribution >= 0.6 is 0 Å². The summed E-state index contributed by atoms with van der Waals surface area (Å²) < 4.78 is 51.0. The largest absolute Gasteiger partial charge is 0.425 e. The zero-order valence-electron chi connectivity index (χ0n) is 20.0. The Morgan fingerprint density at radius 2 is 1.70 bits per heavy atom. The third-order valence-corrected chi connectivity index (χ3v) is 6.10. The van der Waals surface area contributed by atoms with Crippen LogP contribution in [0.25, 0.3) is 0 Å². The first-order valence-electron chi connectivity index (χ1n) is 11.6. The number of oxime groups is 1. The Morgan fingerprint density at radius 3 is 2.30 bits per heavy atom. The van der Waals surface area contributed by atoms with Crippen molar-refractivity contribution >= 4 is 23.0 Å². The summed E-state index contributed by atoms with van der Waals surface area (Å²) in [6, 6.07) is 13.5. The molecule has 1 aromatic carbocycles. The number of amides is 1. The summed E-state index contributed by atoms with van der Waals surface area (Å²) >= 11 is 0. The number of likely N-dealkylation sites (tertiary alicyclic amines) is 1. The number of piperidine rings is 1. The van der Waals surface area contributed by atoms with E-state index in [1.54, 1.807) is 29.4 Å². The van der Waals surface area contributed by atoms with Gasteiger partial charge in [0.25, 0.3) is 5.91 Å². The second-order valence-corrected chi connectivity index (χ2v) is 8.60. The molecule has 4 rings (SSSR count). The Morgan fingerprint density at radius 1 is 1.05 bits per heavy atom. The number of halogens is 4. The van der Waals surface area contributed by atoms with E-state index in [0.29, 0.717) is 31.5 Å². The van der Waals surface area contributed by atoms with Crippen LogP contribution in [0.15, 0.2) is 72.3 Å². The zero-order valence-corrected chi connectivity index (χ0v) is 20.0. The molecule has 37 heavy (non-hydrogen) atoms. The van der Waals surface area contributed by atoms with E-state index in [1.807, 2.05) is 36.2 Å². The number of hydrogen-bond donors (Lipinski definition) is 0. The number of anilines is 2. The molecule has 0 bridgehead atoms. The average molecular weight is 516 g/mol. The number of benzene rings is 1. The number of rotatable bonds is 7. The normalized spacial score (nSPS) is 14.9. The minimum absolute atomic E-state index is 0.136. The topological polar surface area (TPSA) is 70.9 Å². The highest BCUT2D eigenvalue weighted by Gasteiger charge is 2.31. The van der Waals surface area contributed by atoms with Crippen LogP contribution in [0.4, 0.5) is 28.9 Å². The van der Waals surface area contributed by atoms with Crippen molar-refractivity contribution in [1.82, 2.24) is 14.9 Å². The van der Waals surface area contributed by atoms with E-state index < -0.39 is 18.6 Å². The lowest BCUT2D eigenvalue weighted by molar-refractivity contribution is -0.173. The first-order chi connectivity index (χ1) is 17.7. The molecule has 11 heteroatoms. The van der Waals surface area contributed by atoms with E-state index >= 15 is 0 Å². The SMILES string of the molecule is CN(c1ccncc1)c1ccc(C(=O)N2CCC(C(=NOCC(F)(F)F)c3ccc(F)cn3)CC2)cc1. The molecule has 1 saturated heterocycles.